The lowest BCUT2D eigenvalue weighted by Gasteiger charge is -2.16. The van der Waals surface area contributed by atoms with Gasteiger partial charge in [0.2, 0.25) is 0 Å². The fourth-order valence-electron chi connectivity index (χ4n) is 0.887. The number of hydrogen-bond donors (Lipinski definition) is 0. The molecule has 5 heteroatoms. The van der Waals surface area contributed by atoms with Crippen LogP contribution in [0.15, 0.2) is 29.4 Å². The number of oxime groups is 1. The highest BCUT2D eigenvalue weighted by molar-refractivity contribution is 5.86. The van der Waals surface area contributed by atoms with E-state index < -0.39 is 4.92 Å². The number of nitro benzene ring substituents is 1. The second-order valence-electron chi connectivity index (χ2n) is 4.77. The van der Waals surface area contributed by atoms with E-state index in [9.17, 15) is 10.1 Å². The molecule has 1 rings (SSSR count). The van der Waals surface area contributed by atoms with Gasteiger partial charge >= 0.3 is 0 Å². The van der Waals surface area contributed by atoms with Gasteiger partial charge in [-0.1, -0.05) is 25.9 Å². The minimum Gasteiger partial charge on any atom is -0.357 e. The van der Waals surface area contributed by atoms with Gasteiger partial charge in [0.05, 0.1) is 10.6 Å². The van der Waals surface area contributed by atoms with Crippen molar-refractivity contribution in [2.45, 2.75) is 27.7 Å². The maximum absolute atomic E-state index is 10.4. The molecule has 0 atom stereocenters. The molecule has 0 spiro atoms. The molecule has 1 aromatic carbocycles. The van der Waals surface area contributed by atoms with E-state index in [1.165, 1.54) is 24.3 Å². The molecular weight excluding hydrogens is 220 g/mol. The molecule has 0 heterocycles. The van der Waals surface area contributed by atoms with Gasteiger partial charge in [-0.3, -0.25) is 10.1 Å². The van der Waals surface area contributed by atoms with Crippen LogP contribution in [0.5, 0.6) is 5.75 Å². The lowest BCUT2D eigenvalue weighted by Crippen LogP contribution is -2.17. The van der Waals surface area contributed by atoms with E-state index in [1.807, 2.05) is 27.7 Å². The van der Waals surface area contributed by atoms with Crippen molar-refractivity contribution in [3.63, 3.8) is 0 Å². The van der Waals surface area contributed by atoms with Gasteiger partial charge in [0.1, 0.15) is 0 Å². The monoisotopic (exact) mass is 236 g/mol. The Balaban J connectivity index is 2.74. The predicted molar refractivity (Wildman–Crippen MR) is 66.3 cm³/mol. The van der Waals surface area contributed by atoms with Gasteiger partial charge in [-0.15, -0.1) is 0 Å². The zero-order chi connectivity index (χ0) is 13.1. The quantitative estimate of drug-likeness (QED) is 0.459. The molecule has 92 valence electrons. The van der Waals surface area contributed by atoms with Crippen LogP contribution in [0.4, 0.5) is 5.69 Å². The molecule has 1 aromatic rings. The maximum atomic E-state index is 10.4. The summed E-state index contributed by atoms with van der Waals surface area (Å²) in [6.45, 7) is 7.98. The zero-order valence-corrected chi connectivity index (χ0v) is 10.4. The minimum absolute atomic E-state index is 0.0360. The van der Waals surface area contributed by atoms with Gasteiger partial charge < -0.3 is 4.84 Å². The molecule has 0 unspecified atom stereocenters. The summed E-state index contributed by atoms with van der Waals surface area (Å²) in [4.78, 5) is 15.2. The van der Waals surface area contributed by atoms with Crippen LogP contribution in [0, 0.1) is 15.5 Å². The number of benzene rings is 1. The summed E-state index contributed by atoms with van der Waals surface area (Å²) in [6.07, 6.45) is 0. The van der Waals surface area contributed by atoms with Crippen molar-refractivity contribution in [2.75, 3.05) is 0 Å². The Kier molecular flexibility index (Phi) is 3.83. The molecule has 0 bridgehead atoms. The molecule has 0 saturated heterocycles. The van der Waals surface area contributed by atoms with E-state index in [1.54, 1.807) is 0 Å². The molecule has 17 heavy (non-hydrogen) atoms. The van der Waals surface area contributed by atoms with Crippen LogP contribution in [0.1, 0.15) is 27.7 Å². The largest absolute Gasteiger partial charge is 0.357 e. The van der Waals surface area contributed by atoms with Gasteiger partial charge in [0.25, 0.3) is 5.69 Å². The number of rotatable bonds is 3. The number of nitro groups is 1. The molecular formula is C12H16N2O3. The first-order chi connectivity index (χ1) is 7.80. The summed E-state index contributed by atoms with van der Waals surface area (Å²) in [7, 11) is 0. The van der Waals surface area contributed by atoms with E-state index in [2.05, 4.69) is 5.16 Å². The third-order valence-electron chi connectivity index (χ3n) is 2.42. The maximum Gasteiger partial charge on any atom is 0.269 e. The Labute approximate surface area is 100 Å². The number of nitrogens with zero attached hydrogens (tertiary/aromatic N) is 2. The van der Waals surface area contributed by atoms with Crippen molar-refractivity contribution in [1.82, 2.24) is 0 Å². The topological polar surface area (TPSA) is 64.7 Å². The summed E-state index contributed by atoms with van der Waals surface area (Å²) in [5.74, 6) is 0.485. The number of hydrogen-bond acceptors (Lipinski definition) is 4. The van der Waals surface area contributed by atoms with Crippen LogP contribution in [0.3, 0.4) is 0 Å². The summed E-state index contributed by atoms with van der Waals surface area (Å²) in [6, 6.07) is 5.82. The highest BCUT2D eigenvalue weighted by Crippen LogP contribution is 2.19. The van der Waals surface area contributed by atoms with Crippen molar-refractivity contribution in [3.8, 4) is 5.75 Å². The summed E-state index contributed by atoms with van der Waals surface area (Å²) < 4.78 is 0. The Hall–Kier alpha value is -1.91. The summed E-state index contributed by atoms with van der Waals surface area (Å²) >= 11 is 0. The standard InChI is InChI=1S/C12H16N2O3/c1-9(12(2,3)4)13-17-11-7-5-10(6-8-11)14(15)16/h5-8H,1-4H3/b13-9+. The molecule has 0 radical (unpaired) electrons. The second-order valence-corrected chi connectivity index (χ2v) is 4.77. The van der Waals surface area contributed by atoms with E-state index in [4.69, 9.17) is 4.84 Å². The van der Waals surface area contributed by atoms with Crippen molar-refractivity contribution in [1.29, 1.82) is 0 Å². The van der Waals surface area contributed by atoms with Gasteiger partial charge in [-0.2, -0.15) is 0 Å². The fourth-order valence-corrected chi connectivity index (χ4v) is 0.887. The van der Waals surface area contributed by atoms with Crippen LogP contribution >= 0.6 is 0 Å². The van der Waals surface area contributed by atoms with Crippen LogP contribution < -0.4 is 4.84 Å². The fraction of sp³-hybridized carbons (Fsp3) is 0.417. The molecule has 0 N–H and O–H groups in total. The van der Waals surface area contributed by atoms with Crippen molar-refractivity contribution < 1.29 is 9.76 Å². The average Bonchev–Trinajstić information content (AvgIpc) is 2.25. The van der Waals surface area contributed by atoms with E-state index in [-0.39, 0.29) is 11.1 Å². The normalized spacial score (nSPS) is 12.4. The SMILES string of the molecule is C/C(=N\Oc1ccc([N+](=O)[O-])cc1)C(C)(C)C. The van der Waals surface area contributed by atoms with Crippen LogP contribution in [-0.4, -0.2) is 10.6 Å². The molecule has 0 aliphatic carbocycles. The van der Waals surface area contributed by atoms with Crippen LogP contribution in [0.2, 0.25) is 0 Å². The zero-order valence-electron chi connectivity index (χ0n) is 10.4. The Morgan fingerprint density at radius 2 is 1.82 bits per heavy atom. The molecule has 0 aliphatic rings. The first-order valence-electron chi connectivity index (χ1n) is 5.27. The molecule has 0 aromatic heterocycles. The van der Waals surface area contributed by atoms with Gasteiger partial charge in [-0.25, -0.2) is 0 Å². The highest BCUT2D eigenvalue weighted by atomic mass is 16.6. The first-order valence-corrected chi connectivity index (χ1v) is 5.27. The van der Waals surface area contributed by atoms with Gasteiger partial charge in [0, 0.05) is 17.5 Å². The molecule has 0 saturated carbocycles. The Bertz CT molecular complexity index is 430. The van der Waals surface area contributed by atoms with Crippen LogP contribution in [0.25, 0.3) is 0 Å². The number of non-ortho nitro benzene ring substituents is 1. The molecule has 0 aliphatic heterocycles. The summed E-state index contributed by atoms with van der Waals surface area (Å²) in [5, 5.41) is 14.4. The second kappa shape index (κ2) is 4.95. The third kappa shape index (κ3) is 3.86. The van der Waals surface area contributed by atoms with E-state index in [0.717, 1.165) is 5.71 Å². The van der Waals surface area contributed by atoms with E-state index >= 15 is 0 Å². The van der Waals surface area contributed by atoms with Gasteiger partial charge in [-0.05, 0) is 19.1 Å². The minimum atomic E-state index is -0.451. The van der Waals surface area contributed by atoms with Gasteiger partial charge in [0.15, 0.2) is 5.75 Å². The Morgan fingerprint density at radius 1 is 1.29 bits per heavy atom. The Morgan fingerprint density at radius 3 is 2.24 bits per heavy atom. The smallest absolute Gasteiger partial charge is 0.269 e. The van der Waals surface area contributed by atoms with Crippen molar-refractivity contribution in [2.24, 2.45) is 10.6 Å². The molecule has 5 nitrogen and oxygen atoms in total. The van der Waals surface area contributed by atoms with Crippen molar-refractivity contribution >= 4 is 11.4 Å². The average molecular weight is 236 g/mol. The highest BCUT2D eigenvalue weighted by Gasteiger charge is 2.15. The lowest BCUT2D eigenvalue weighted by atomic mass is 9.91. The van der Waals surface area contributed by atoms with Crippen molar-refractivity contribution in [3.05, 3.63) is 34.4 Å². The van der Waals surface area contributed by atoms with Crippen LogP contribution in [-0.2, 0) is 0 Å². The molecule has 0 amide bonds. The van der Waals surface area contributed by atoms with E-state index in [0.29, 0.717) is 5.75 Å². The lowest BCUT2D eigenvalue weighted by molar-refractivity contribution is -0.384. The summed E-state index contributed by atoms with van der Waals surface area (Å²) in [5.41, 5.74) is 0.838. The molecule has 0 fully saturated rings. The first kappa shape index (κ1) is 13.2. The third-order valence-corrected chi connectivity index (χ3v) is 2.42. The predicted octanol–water partition coefficient (Wildman–Crippen LogP) is 3.40.